The summed E-state index contributed by atoms with van der Waals surface area (Å²) >= 11 is 0. The lowest BCUT2D eigenvalue weighted by atomic mass is 10.0. The Hall–Kier alpha value is -0.930. The molecule has 86 valence electrons. The molecule has 2 N–H and O–H groups in total. The number of nitrogens with one attached hydrogen (secondary N) is 1. The number of rotatable bonds is 2. The largest absolute Gasteiger partial charge is 0.387 e. The van der Waals surface area contributed by atoms with Gasteiger partial charge >= 0.3 is 0 Å². The predicted octanol–water partition coefficient (Wildman–Crippen LogP) is 2.14. The maximum atomic E-state index is 13.0. The number of hydrogen-bond donors (Lipinski definition) is 2. The molecule has 0 unspecified atom stereocenters. The third kappa shape index (κ3) is 1.74. The van der Waals surface area contributed by atoms with Crippen LogP contribution >= 0.6 is 0 Å². The van der Waals surface area contributed by atoms with Gasteiger partial charge in [-0.3, -0.25) is 0 Å². The number of benzene rings is 1. The lowest BCUT2D eigenvalue weighted by Crippen LogP contribution is -2.35. The van der Waals surface area contributed by atoms with E-state index in [-0.39, 0.29) is 11.9 Å². The second kappa shape index (κ2) is 3.54. The molecule has 3 rings (SSSR count). The van der Waals surface area contributed by atoms with Gasteiger partial charge in [0.2, 0.25) is 0 Å². The number of halogens is 1. The SMILES string of the molecule is O[C@@H](c1cccc(F)c1)[C@H]1CCC2(CC2)N1. The summed E-state index contributed by atoms with van der Waals surface area (Å²) in [6.45, 7) is 0. The van der Waals surface area contributed by atoms with Crippen molar-refractivity contribution in [3.05, 3.63) is 35.6 Å². The van der Waals surface area contributed by atoms with Crippen LogP contribution in [0.1, 0.15) is 37.4 Å². The van der Waals surface area contributed by atoms with Gasteiger partial charge in [-0.1, -0.05) is 12.1 Å². The molecule has 0 bridgehead atoms. The van der Waals surface area contributed by atoms with Crippen LogP contribution in [0.3, 0.4) is 0 Å². The highest BCUT2D eigenvalue weighted by atomic mass is 19.1. The van der Waals surface area contributed by atoms with Crippen LogP contribution in [-0.2, 0) is 0 Å². The fourth-order valence-corrected chi connectivity index (χ4v) is 2.67. The Kier molecular flexibility index (Phi) is 2.26. The second-order valence-electron chi connectivity index (χ2n) is 5.07. The zero-order chi connectivity index (χ0) is 11.2. The first-order valence-electron chi connectivity index (χ1n) is 5.90. The van der Waals surface area contributed by atoms with Gasteiger partial charge < -0.3 is 10.4 Å². The first kappa shape index (κ1) is 10.2. The number of aliphatic hydroxyl groups excluding tert-OH is 1. The fourth-order valence-electron chi connectivity index (χ4n) is 2.67. The van der Waals surface area contributed by atoms with Crippen molar-refractivity contribution in [3.63, 3.8) is 0 Å². The summed E-state index contributed by atoms with van der Waals surface area (Å²) in [4.78, 5) is 0. The van der Waals surface area contributed by atoms with Crippen LogP contribution in [0.25, 0.3) is 0 Å². The molecule has 2 nitrogen and oxygen atoms in total. The van der Waals surface area contributed by atoms with Crippen molar-refractivity contribution in [2.75, 3.05) is 0 Å². The molecular weight excluding hydrogens is 205 g/mol. The molecule has 2 atom stereocenters. The van der Waals surface area contributed by atoms with Gasteiger partial charge in [0.1, 0.15) is 5.82 Å². The smallest absolute Gasteiger partial charge is 0.123 e. The molecule has 1 aliphatic heterocycles. The van der Waals surface area contributed by atoms with Gasteiger partial charge in [-0.05, 0) is 43.4 Å². The van der Waals surface area contributed by atoms with Gasteiger partial charge in [0.05, 0.1) is 6.10 Å². The quantitative estimate of drug-likeness (QED) is 0.802. The van der Waals surface area contributed by atoms with Crippen molar-refractivity contribution >= 4 is 0 Å². The van der Waals surface area contributed by atoms with Crippen LogP contribution in [0.5, 0.6) is 0 Å². The van der Waals surface area contributed by atoms with Gasteiger partial charge in [0.15, 0.2) is 0 Å². The average Bonchev–Trinajstić information content (AvgIpc) is 2.88. The van der Waals surface area contributed by atoms with Crippen molar-refractivity contribution in [1.82, 2.24) is 5.32 Å². The third-order valence-corrected chi connectivity index (χ3v) is 3.85. The minimum Gasteiger partial charge on any atom is -0.387 e. The van der Waals surface area contributed by atoms with E-state index in [1.807, 2.05) is 0 Å². The predicted molar refractivity (Wildman–Crippen MR) is 59.5 cm³/mol. The average molecular weight is 221 g/mol. The molecule has 1 saturated carbocycles. The minimum absolute atomic E-state index is 0.0873. The van der Waals surface area contributed by atoms with Gasteiger partial charge in [0.25, 0.3) is 0 Å². The van der Waals surface area contributed by atoms with Crippen molar-refractivity contribution < 1.29 is 9.50 Å². The Morgan fingerprint density at radius 3 is 2.81 bits per heavy atom. The van der Waals surface area contributed by atoms with E-state index in [9.17, 15) is 9.50 Å². The first-order chi connectivity index (χ1) is 7.69. The molecule has 0 amide bonds. The Balaban J connectivity index is 1.75. The molecule has 16 heavy (non-hydrogen) atoms. The summed E-state index contributed by atoms with van der Waals surface area (Å²) < 4.78 is 13.0. The number of aliphatic hydroxyl groups is 1. The van der Waals surface area contributed by atoms with E-state index in [1.165, 1.54) is 25.0 Å². The molecule has 0 radical (unpaired) electrons. The Morgan fingerprint density at radius 1 is 1.38 bits per heavy atom. The van der Waals surface area contributed by atoms with Gasteiger partial charge in [0, 0.05) is 11.6 Å². The lowest BCUT2D eigenvalue weighted by Gasteiger charge is -2.20. The van der Waals surface area contributed by atoms with Crippen LogP contribution in [0.15, 0.2) is 24.3 Å². The lowest BCUT2D eigenvalue weighted by molar-refractivity contribution is 0.134. The molecule has 1 aliphatic carbocycles. The summed E-state index contributed by atoms with van der Waals surface area (Å²) in [5.74, 6) is -0.282. The monoisotopic (exact) mass is 221 g/mol. The van der Waals surface area contributed by atoms with Crippen molar-refractivity contribution in [2.24, 2.45) is 0 Å². The molecule has 2 aliphatic rings. The van der Waals surface area contributed by atoms with Gasteiger partial charge in [-0.2, -0.15) is 0 Å². The molecule has 1 heterocycles. The molecule has 1 aromatic rings. The molecule has 1 aromatic carbocycles. The van der Waals surface area contributed by atoms with Crippen LogP contribution in [-0.4, -0.2) is 16.7 Å². The van der Waals surface area contributed by atoms with E-state index in [4.69, 9.17) is 0 Å². The molecule has 1 saturated heterocycles. The van der Waals surface area contributed by atoms with Crippen LogP contribution in [0.2, 0.25) is 0 Å². The summed E-state index contributed by atoms with van der Waals surface area (Å²) in [6.07, 6.45) is 3.98. The zero-order valence-corrected chi connectivity index (χ0v) is 9.12. The van der Waals surface area contributed by atoms with E-state index in [1.54, 1.807) is 12.1 Å². The number of hydrogen-bond acceptors (Lipinski definition) is 2. The highest BCUT2D eigenvalue weighted by molar-refractivity contribution is 5.22. The Morgan fingerprint density at radius 2 is 2.19 bits per heavy atom. The van der Waals surface area contributed by atoms with E-state index >= 15 is 0 Å². The Bertz CT molecular complexity index is 403. The highest BCUT2D eigenvalue weighted by Gasteiger charge is 2.49. The maximum Gasteiger partial charge on any atom is 0.123 e. The topological polar surface area (TPSA) is 32.3 Å². The van der Waals surface area contributed by atoms with Crippen LogP contribution in [0, 0.1) is 5.82 Å². The van der Waals surface area contributed by atoms with Crippen molar-refractivity contribution in [1.29, 1.82) is 0 Å². The Labute approximate surface area is 94.5 Å². The molecule has 2 fully saturated rings. The summed E-state index contributed by atoms with van der Waals surface area (Å²) in [7, 11) is 0. The molecule has 3 heteroatoms. The second-order valence-corrected chi connectivity index (χ2v) is 5.07. The van der Waals surface area contributed by atoms with Gasteiger partial charge in [-0.25, -0.2) is 4.39 Å². The summed E-state index contributed by atoms with van der Waals surface area (Å²) in [5.41, 5.74) is 0.995. The molecule has 0 aromatic heterocycles. The van der Waals surface area contributed by atoms with E-state index in [0.717, 1.165) is 12.8 Å². The minimum atomic E-state index is -0.587. The van der Waals surface area contributed by atoms with E-state index in [2.05, 4.69) is 5.32 Å². The summed E-state index contributed by atoms with van der Waals surface area (Å²) in [6, 6.07) is 6.35. The molecular formula is C13H16FNO. The van der Waals surface area contributed by atoms with Crippen LogP contribution in [0.4, 0.5) is 4.39 Å². The zero-order valence-electron chi connectivity index (χ0n) is 9.12. The third-order valence-electron chi connectivity index (χ3n) is 3.85. The maximum absolute atomic E-state index is 13.0. The van der Waals surface area contributed by atoms with Crippen molar-refractivity contribution in [3.8, 4) is 0 Å². The normalized spacial score (nSPS) is 28.2. The molecule has 1 spiro atoms. The van der Waals surface area contributed by atoms with E-state index < -0.39 is 6.10 Å². The van der Waals surface area contributed by atoms with E-state index in [0.29, 0.717) is 11.1 Å². The first-order valence-corrected chi connectivity index (χ1v) is 5.90. The van der Waals surface area contributed by atoms with Gasteiger partial charge in [-0.15, -0.1) is 0 Å². The van der Waals surface area contributed by atoms with Crippen LogP contribution < -0.4 is 5.32 Å². The fraction of sp³-hybridized carbons (Fsp3) is 0.538. The van der Waals surface area contributed by atoms with Crippen molar-refractivity contribution in [2.45, 2.75) is 43.4 Å². The standard InChI is InChI=1S/C13H16FNO/c14-10-3-1-2-9(8-10)12(16)11-4-5-13(15-11)6-7-13/h1-3,8,11-12,15-16H,4-7H2/t11-,12+/m1/s1. The highest BCUT2D eigenvalue weighted by Crippen LogP contribution is 2.46. The summed E-state index contributed by atoms with van der Waals surface area (Å²) in [5, 5.41) is 13.7.